The quantitative estimate of drug-likeness (QED) is 0.876. The van der Waals surface area contributed by atoms with Gasteiger partial charge in [0.05, 0.1) is 0 Å². The molecule has 0 saturated carbocycles. The molecule has 1 aromatic heterocycles. The Morgan fingerprint density at radius 3 is 2.75 bits per heavy atom. The number of nitrogens with zero attached hydrogens (tertiary/aromatic N) is 1. The van der Waals surface area contributed by atoms with Crippen LogP contribution in [0.3, 0.4) is 0 Å². The Kier molecular flexibility index (Phi) is 5.12. The summed E-state index contributed by atoms with van der Waals surface area (Å²) in [6.07, 6.45) is 4.29. The van der Waals surface area contributed by atoms with Gasteiger partial charge in [0.2, 0.25) is 0 Å². The predicted octanol–water partition coefficient (Wildman–Crippen LogP) is 2.43. The van der Waals surface area contributed by atoms with E-state index in [1.165, 1.54) is 11.1 Å². The van der Waals surface area contributed by atoms with Crippen LogP contribution in [0.1, 0.15) is 16.7 Å². The number of aromatic nitrogens is 1. The second kappa shape index (κ2) is 7.28. The minimum atomic E-state index is -0.151. The number of hydrogen-bond acceptors (Lipinski definition) is 2. The lowest BCUT2D eigenvalue weighted by molar-refractivity contribution is 0.240. The van der Waals surface area contributed by atoms with E-state index in [9.17, 15) is 4.79 Å². The first-order chi connectivity index (χ1) is 9.74. The summed E-state index contributed by atoms with van der Waals surface area (Å²) in [4.78, 5) is 15.6. The summed E-state index contributed by atoms with van der Waals surface area (Å²) in [5.41, 5.74) is 3.46. The number of urea groups is 1. The number of carbonyl (C=O) groups is 1. The predicted molar refractivity (Wildman–Crippen MR) is 79.4 cm³/mol. The second-order valence-corrected chi connectivity index (χ2v) is 4.71. The lowest BCUT2D eigenvalue weighted by Gasteiger charge is -2.08. The van der Waals surface area contributed by atoms with E-state index in [1.54, 1.807) is 12.4 Å². The van der Waals surface area contributed by atoms with E-state index in [1.807, 2.05) is 18.2 Å². The lowest BCUT2D eigenvalue weighted by atomic mass is 10.1. The first-order valence-electron chi connectivity index (χ1n) is 6.70. The Morgan fingerprint density at radius 2 is 2.00 bits per heavy atom. The van der Waals surface area contributed by atoms with Gasteiger partial charge in [-0.3, -0.25) is 4.98 Å². The molecule has 0 aliphatic heterocycles. The molecule has 2 rings (SSSR count). The second-order valence-electron chi connectivity index (χ2n) is 4.71. The van der Waals surface area contributed by atoms with Crippen molar-refractivity contribution in [1.29, 1.82) is 0 Å². The number of amides is 2. The van der Waals surface area contributed by atoms with Crippen molar-refractivity contribution >= 4 is 6.03 Å². The summed E-state index contributed by atoms with van der Waals surface area (Å²) < 4.78 is 0. The van der Waals surface area contributed by atoms with E-state index < -0.39 is 0 Å². The molecule has 0 aliphatic rings. The molecule has 4 nitrogen and oxygen atoms in total. The topological polar surface area (TPSA) is 54.0 Å². The standard InChI is InChI=1S/C16H19N3O/c1-13-4-2-5-14(10-13)7-9-18-16(20)19-12-15-6-3-8-17-11-15/h2-6,8,10-11H,7,9,12H2,1H3,(H2,18,19,20). The molecule has 0 atom stereocenters. The molecule has 0 saturated heterocycles. The molecule has 4 heteroatoms. The maximum atomic E-state index is 11.6. The molecule has 2 aromatic rings. The minimum absolute atomic E-state index is 0.151. The summed E-state index contributed by atoms with van der Waals surface area (Å²) in [5, 5.41) is 5.66. The molecule has 20 heavy (non-hydrogen) atoms. The van der Waals surface area contributed by atoms with E-state index in [2.05, 4.69) is 40.7 Å². The fraction of sp³-hybridized carbons (Fsp3) is 0.250. The highest BCUT2D eigenvalue weighted by Gasteiger charge is 2.00. The Bertz CT molecular complexity index is 555. The molecule has 0 spiro atoms. The first-order valence-corrected chi connectivity index (χ1v) is 6.70. The third-order valence-electron chi connectivity index (χ3n) is 2.96. The van der Waals surface area contributed by atoms with E-state index in [0.717, 1.165) is 12.0 Å². The molecule has 1 heterocycles. The van der Waals surface area contributed by atoms with Gasteiger partial charge in [-0.05, 0) is 30.5 Å². The summed E-state index contributed by atoms with van der Waals surface area (Å²) in [7, 11) is 0. The molecule has 2 N–H and O–H groups in total. The normalized spacial score (nSPS) is 10.1. The van der Waals surface area contributed by atoms with Crippen LogP contribution >= 0.6 is 0 Å². The number of pyridine rings is 1. The van der Waals surface area contributed by atoms with Crippen LogP contribution in [0.2, 0.25) is 0 Å². The van der Waals surface area contributed by atoms with Crippen LogP contribution in [0.5, 0.6) is 0 Å². The van der Waals surface area contributed by atoms with Gasteiger partial charge in [-0.1, -0.05) is 35.9 Å². The Hall–Kier alpha value is -2.36. The average Bonchev–Trinajstić information content (AvgIpc) is 2.46. The highest BCUT2D eigenvalue weighted by molar-refractivity contribution is 5.73. The van der Waals surface area contributed by atoms with Gasteiger partial charge in [-0.15, -0.1) is 0 Å². The van der Waals surface area contributed by atoms with Gasteiger partial charge in [-0.2, -0.15) is 0 Å². The number of nitrogens with one attached hydrogen (secondary N) is 2. The van der Waals surface area contributed by atoms with Crippen molar-refractivity contribution in [3.05, 3.63) is 65.5 Å². The molecule has 0 aliphatic carbocycles. The van der Waals surface area contributed by atoms with Crippen LogP contribution in [0.15, 0.2) is 48.8 Å². The van der Waals surface area contributed by atoms with Crippen LogP contribution < -0.4 is 10.6 Å². The van der Waals surface area contributed by atoms with Gasteiger partial charge in [-0.25, -0.2) is 4.79 Å². The Labute approximate surface area is 119 Å². The fourth-order valence-electron chi connectivity index (χ4n) is 1.94. The summed E-state index contributed by atoms with van der Waals surface area (Å²) in [6, 6.07) is 11.9. The van der Waals surface area contributed by atoms with Crippen LogP contribution in [0, 0.1) is 6.92 Å². The molecule has 0 fully saturated rings. The van der Waals surface area contributed by atoms with Gasteiger partial charge >= 0.3 is 6.03 Å². The number of benzene rings is 1. The number of aryl methyl sites for hydroxylation is 1. The molecule has 0 radical (unpaired) electrons. The monoisotopic (exact) mass is 269 g/mol. The highest BCUT2D eigenvalue weighted by atomic mass is 16.2. The van der Waals surface area contributed by atoms with Gasteiger partial charge in [0.1, 0.15) is 0 Å². The average molecular weight is 269 g/mol. The van der Waals surface area contributed by atoms with Crippen LogP contribution in [0.4, 0.5) is 4.79 Å². The molecule has 0 unspecified atom stereocenters. The van der Waals surface area contributed by atoms with Crippen molar-refractivity contribution in [1.82, 2.24) is 15.6 Å². The SMILES string of the molecule is Cc1cccc(CCNC(=O)NCc2cccnc2)c1. The molecule has 0 bridgehead atoms. The minimum Gasteiger partial charge on any atom is -0.338 e. The van der Waals surface area contributed by atoms with Crippen LogP contribution in [-0.4, -0.2) is 17.6 Å². The van der Waals surface area contributed by atoms with E-state index in [0.29, 0.717) is 13.1 Å². The van der Waals surface area contributed by atoms with E-state index in [-0.39, 0.29) is 6.03 Å². The smallest absolute Gasteiger partial charge is 0.315 e. The first kappa shape index (κ1) is 14.1. The summed E-state index contributed by atoms with van der Waals surface area (Å²) in [6.45, 7) is 3.18. The molecular weight excluding hydrogens is 250 g/mol. The van der Waals surface area contributed by atoms with Crippen molar-refractivity contribution < 1.29 is 4.79 Å². The zero-order valence-electron chi connectivity index (χ0n) is 11.6. The molecular formula is C16H19N3O. The highest BCUT2D eigenvalue weighted by Crippen LogP contribution is 2.03. The third kappa shape index (κ3) is 4.72. The zero-order chi connectivity index (χ0) is 14.2. The zero-order valence-corrected chi connectivity index (χ0v) is 11.6. The lowest BCUT2D eigenvalue weighted by Crippen LogP contribution is -2.36. The fourth-order valence-corrected chi connectivity index (χ4v) is 1.94. The van der Waals surface area contributed by atoms with E-state index >= 15 is 0 Å². The Balaban J connectivity index is 1.68. The van der Waals surface area contributed by atoms with Crippen molar-refractivity contribution in [3.8, 4) is 0 Å². The Morgan fingerprint density at radius 1 is 1.15 bits per heavy atom. The summed E-state index contributed by atoms with van der Waals surface area (Å²) in [5.74, 6) is 0. The van der Waals surface area contributed by atoms with Gasteiger partial charge in [0, 0.05) is 25.5 Å². The third-order valence-corrected chi connectivity index (χ3v) is 2.96. The van der Waals surface area contributed by atoms with Crippen LogP contribution in [-0.2, 0) is 13.0 Å². The van der Waals surface area contributed by atoms with Crippen molar-refractivity contribution in [2.45, 2.75) is 19.9 Å². The maximum absolute atomic E-state index is 11.6. The van der Waals surface area contributed by atoms with Gasteiger partial charge < -0.3 is 10.6 Å². The molecule has 104 valence electrons. The largest absolute Gasteiger partial charge is 0.338 e. The van der Waals surface area contributed by atoms with Crippen molar-refractivity contribution in [3.63, 3.8) is 0 Å². The van der Waals surface area contributed by atoms with Crippen molar-refractivity contribution in [2.24, 2.45) is 0 Å². The van der Waals surface area contributed by atoms with Crippen LogP contribution in [0.25, 0.3) is 0 Å². The van der Waals surface area contributed by atoms with Crippen molar-refractivity contribution in [2.75, 3.05) is 6.54 Å². The number of carbonyl (C=O) groups excluding carboxylic acids is 1. The summed E-state index contributed by atoms with van der Waals surface area (Å²) >= 11 is 0. The van der Waals surface area contributed by atoms with Gasteiger partial charge in [0.25, 0.3) is 0 Å². The van der Waals surface area contributed by atoms with E-state index in [4.69, 9.17) is 0 Å². The number of hydrogen-bond donors (Lipinski definition) is 2. The molecule has 2 amide bonds. The molecule has 1 aromatic carbocycles. The van der Waals surface area contributed by atoms with Gasteiger partial charge in [0.15, 0.2) is 0 Å². The number of rotatable bonds is 5. The maximum Gasteiger partial charge on any atom is 0.315 e.